The van der Waals surface area contributed by atoms with E-state index in [1.54, 1.807) is 42.5 Å². The smallest absolute Gasteiger partial charge is 0.330 e. The minimum absolute atomic E-state index is 0.228. The molecule has 0 saturated heterocycles. The van der Waals surface area contributed by atoms with E-state index in [4.69, 9.17) is 30.5 Å². The van der Waals surface area contributed by atoms with Crippen molar-refractivity contribution in [1.82, 2.24) is 4.90 Å². The molecule has 1 aliphatic heterocycles. The first kappa shape index (κ1) is 20.9. The summed E-state index contributed by atoms with van der Waals surface area (Å²) in [5.41, 5.74) is 0.727. The van der Waals surface area contributed by atoms with Crippen molar-refractivity contribution in [2.45, 2.75) is 0 Å². The fourth-order valence-corrected chi connectivity index (χ4v) is 2.79. The maximum atomic E-state index is 13.0. The Morgan fingerprint density at radius 2 is 1.90 bits per heavy atom. The molecule has 0 spiro atoms. The maximum Gasteiger partial charge on any atom is 0.330 e. The number of rotatable bonds is 7. The number of fused-ring (bicyclic) bond motifs is 1. The molecule has 9 heteroatoms. The maximum absolute atomic E-state index is 13.0. The molecule has 1 aliphatic rings. The number of hydrogen-bond donors (Lipinski definition) is 1. The summed E-state index contributed by atoms with van der Waals surface area (Å²) in [5, 5.41) is 3.11. The standard InChI is InChI=1S/C20H21ClN2O6/c1-26-7-8-27-13-23(20(25)22-16-4-2-3-15(21)12-16)19(24)14-5-6-17-18(11-14)29-10-9-28-17/h2-6,11-12H,7-10,13H2,1H3,(H,22,25). The second-order valence-electron chi connectivity index (χ2n) is 6.06. The molecule has 0 bridgehead atoms. The van der Waals surface area contributed by atoms with Crippen molar-refractivity contribution in [2.75, 3.05) is 45.6 Å². The topological polar surface area (TPSA) is 86.3 Å². The van der Waals surface area contributed by atoms with Crippen LogP contribution in [0.1, 0.15) is 10.4 Å². The lowest BCUT2D eigenvalue weighted by atomic mass is 10.1. The number of imide groups is 1. The van der Waals surface area contributed by atoms with Crippen LogP contribution in [0.15, 0.2) is 42.5 Å². The monoisotopic (exact) mass is 420 g/mol. The van der Waals surface area contributed by atoms with E-state index in [-0.39, 0.29) is 18.9 Å². The molecule has 1 heterocycles. The Bertz CT molecular complexity index is 876. The molecule has 0 saturated carbocycles. The molecule has 8 nitrogen and oxygen atoms in total. The summed E-state index contributed by atoms with van der Waals surface area (Å²) in [6.45, 7) is 1.16. The van der Waals surface area contributed by atoms with Crippen molar-refractivity contribution in [3.63, 3.8) is 0 Å². The fraction of sp³-hybridized carbons (Fsp3) is 0.300. The molecule has 0 radical (unpaired) electrons. The SMILES string of the molecule is COCCOCN(C(=O)Nc1cccc(Cl)c1)C(=O)c1ccc2c(c1)OCCO2. The predicted molar refractivity (Wildman–Crippen MR) is 107 cm³/mol. The van der Waals surface area contributed by atoms with Crippen LogP contribution in [-0.4, -0.2) is 57.1 Å². The van der Waals surface area contributed by atoms with Crippen molar-refractivity contribution >= 4 is 29.2 Å². The summed E-state index contributed by atoms with van der Waals surface area (Å²) < 4.78 is 21.3. The third-order valence-corrected chi connectivity index (χ3v) is 4.24. The van der Waals surface area contributed by atoms with Gasteiger partial charge in [0.25, 0.3) is 5.91 Å². The number of methoxy groups -OCH3 is 1. The summed E-state index contributed by atoms with van der Waals surface area (Å²) in [5.74, 6) is 0.468. The zero-order valence-electron chi connectivity index (χ0n) is 15.9. The van der Waals surface area contributed by atoms with Crippen molar-refractivity contribution in [3.05, 3.63) is 53.1 Å². The highest BCUT2D eigenvalue weighted by Gasteiger charge is 2.25. The minimum Gasteiger partial charge on any atom is -0.486 e. The number of nitrogens with zero attached hydrogens (tertiary/aromatic N) is 1. The van der Waals surface area contributed by atoms with Gasteiger partial charge in [0.2, 0.25) is 0 Å². The normalized spacial score (nSPS) is 12.3. The van der Waals surface area contributed by atoms with Gasteiger partial charge in [0, 0.05) is 23.4 Å². The average molecular weight is 421 g/mol. The van der Waals surface area contributed by atoms with Gasteiger partial charge in [-0.1, -0.05) is 17.7 Å². The molecule has 1 N–H and O–H groups in total. The summed E-state index contributed by atoms with van der Waals surface area (Å²) >= 11 is 5.96. The van der Waals surface area contributed by atoms with Gasteiger partial charge in [0.1, 0.15) is 19.9 Å². The zero-order chi connectivity index (χ0) is 20.6. The first-order valence-corrected chi connectivity index (χ1v) is 9.31. The van der Waals surface area contributed by atoms with E-state index >= 15 is 0 Å². The summed E-state index contributed by atoms with van der Waals surface area (Å²) in [4.78, 5) is 26.8. The average Bonchev–Trinajstić information content (AvgIpc) is 2.73. The predicted octanol–water partition coefficient (Wildman–Crippen LogP) is 3.41. The molecular formula is C20H21ClN2O6. The first-order chi connectivity index (χ1) is 14.1. The first-order valence-electron chi connectivity index (χ1n) is 8.93. The van der Waals surface area contributed by atoms with Crippen LogP contribution in [0.2, 0.25) is 5.02 Å². The molecule has 0 aromatic heterocycles. The number of amides is 3. The Labute approximate surface area is 173 Å². The number of carbonyl (C=O) groups is 2. The Balaban J connectivity index is 1.78. The van der Waals surface area contributed by atoms with Gasteiger partial charge in [0.15, 0.2) is 11.5 Å². The number of hydrogen-bond acceptors (Lipinski definition) is 6. The Morgan fingerprint density at radius 1 is 1.10 bits per heavy atom. The molecule has 0 unspecified atom stereocenters. The highest BCUT2D eigenvalue weighted by molar-refractivity contribution is 6.30. The number of anilines is 1. The fourth-order valence-electron chi connectivity index (χ4n) is 2.60. The Hall–Kier alpha value is -2.81. The third kappa shape index (κ3) is 5.60. The minimum atomic E-state index is -0.649. The van der Waals surface area contributed by atoms with Gasteiger partial charge in [0.05, 0.1) is 13.2 Å². The van der Waals surface area contributed by atoms with Gasteiger partial charge in [-0.3, -0.25) is 4.79 Å². The van der Waals surface area contributed by atoms with Gasteiger partial charge in [-0.25, -0.2) is 9.69 Å². The van der Waals surface area contributed by atoms with Crippen molar-refractivity contribution in [1.29, 1.82) is 0 Å². The highest BCUT2D eigenvalue weighted by Crippen LogP contribution is 2.31. The summed E-state index contributed by atoms with van der Waals surface area (Å²) in [7, 11) is 1.54. The molecule has 29 heavy (non-hydrogen) atoms. The largest absolute Gasteiger partial charge is 0.486 e. The van der Waals surface area contributed by atoms with E-state index in [0.717, 1.165) is 4.90 Å². The molecular weight excluding hydrogens is 400 g/mol. The number of carbonyl (C=O) groups excluding carboxylic acids is 2. The quantitative estimate of drug-likeness (QED) is 0.545. The van der Waals surface area contributed by atoms with Crippen molar-refractivity contribution in [2.24, 2.45) is 0 Å². The van der Waals surface area contributed by atoms with Crippen LogP contribution in [0.5, 0.6) is 11.5 Å². The van der Waals surface area contributed by atoms with E-state index < -0.39 is 11.9 Å². The van der Waals surface area contributed by atoms with Crippen LogP contribution in [-0.2, 0) is 9.47 Å². The second kappa shape index (κ2) is 10.1. The lowest BCUT2D eigenvalue weighted by molar-refractivity contribution is 0.0196. The Morgan fingerprint density at radius 3 is 2.66 bits per heavy atom. The van der Waals surface area contributed by atoms with Crippen LogP contribution in [0, 0.1) is 0 Å². The van der Waals surface area contributed by atoms with Crippen LogP contribution < -0.4 is 14.8 Å². The number of benzene rings is 2. The van der Waals surface area contributed by atoms with Crippen molar-refractivity contribution < 1.29 is 28.5 Å². The van der Waals surface area contributed by atoms with Crippen LogP contribution in [0.3, 0.4) is 0 Å². The molecule has 0 atom stereocenters. The van der Waals surface area contributed by atoms with E-state index in [1.807, 2.05) is 0 Å². The molecule has 3 rings (SSSR count). The van der Waals surface area contributed by atoms with Gasteiger partial charge in [-0.15, -0.1) is 0 Å². The van der Waals surface area contributed by atoms with E-state index in [1.165, 1.54) is 7.11 Å². The molecule has 154 valence electrons. The van der Waals surface area contributed by atoms with E-state index in [9.17, 15) is 9.59 Å². The zero-order valence-corrected chi connectivity index (χ0v) is 16.6. The molecule has 2 aromatic carbocycles. The van der Waals surface area contributed by atoms with E-state index in [0.29, 0.717) is 42.0 Å². The lowest BCUT2D eigenvalue weighted by Crippen LogP contribution is -2.41. The molecule has 0 fully saturated rings. The molecule has 0 aliphatic carbocycles. The van der Waals surface area contributed by atoms with Gasteiger partial charge < -0.3 is 24.3 Å². The number of halogens is 1. The number of nitrogens with one attached hydrogen (secondary N) is 1. The third-order valence-electron chi connectivity index (χ3n) is 4.01. The number of urea groups is 1. The van der Waals surface area contributed by atoms with Gasteiger partial charge in [-0.2, -0.15) is 0 Å². The lowest BCUT2D eigenvalue weighted by Gasteiger charge is -2.23. The number of ether oxygens (including phenoxy) is 4. The highest BCUT2D eigenvalue weighted by atomic mass is 35.5. The second-order valence-corrected chi connectivity index (χ2v) is 6.50. The van der Waals surface area contributed by atoms with Gasteiger partial charge in [-0.05, 0) is 36.4 Å². The molecule has 3 amide bonds. The van der Waals surface area contributed by atoms with Gasteiger partial charge >= 0.3 is 6.03 Å². The summed E-state index contributed by atoms with van der Waals surface area (Å²) in [6.07, 6.45) is 0. The van der Waals surface area contributed by atoms with Crippen LogP contribution >= 0.6 is 11.6 Å². The van der Waals surface area contributed by atoms with Crippen molar-refractivity contribution in [3.8, 4) is 11.5 Å². The van der Waals surface area contributed by atoms with E-state index in [2.05, 4.69) is 5.32 Å². The van der Waals surface area contributed by atoms with Crippen LogP contribution in [0.25, 0.3) is 0 Å². The molecule has 2 aromatic rings. The Kier molecular flexibility index (Phi) is 7.29. The summed E-state index contributed by atoms with van der Waals surface area (Å²) in [6, 6.07) is 10.7. The van der Waals surface area contributed by atoms with Crippen LogP contribution in [0.4, 0.5) is 10.5 Å².